The van der Waals surface area contributed by atoms with Crippen LogP contribution in [0.25, 0.3) is 6.08 Å². The molecule has 0 spiro atoms. The summed E-state index contributed by atoms with van der Waals surface area (Å²) in [7, 11) is -3.46. The van der Waals surface area contributed by atoms with Crippen molar-refractivity contribution >= 4 is 22.0 Å². The first-order chi connectivity index (χ1) is 13.5. The van der Waals surface area contributed by atoms with E-state index in [1.807, 2.05) is 31.2 Å². The number of hydrogen-bond acceptors (Lipinski definition) is 4. The van der Waals surface area contributed by atoms with E-state index in [1.165, 1.54) is 6.08 Å². The maximum absolute atomic E-state index is 12.1. The second kappa shape index (κ2) is 9.03. The first-order valence-electron chi connectivity index (χ1n) is 9.26. The first kappa shape index (κ1) is 20.1. The molecule has 1 aliphatic rings. The molecule has 0 heterocycles. The maximum Gasteiger partial charge on any atom is 0.244 e. The Morgan fingerprint density at radius 2 is 1.93 bits per heavy atom. The minimum absolute atomic E-state index is 0.0718. The third-order valence-electron chi connectivity index (χ3n) is 4.19. The van der Waals surface area contributed by atoms with Crippen LogP contribution in [0.4, 0.5) is 0 Å². The smallest absolute Gasteiger partial charge is 0.244 e. The first-order valence-corrected chi connectivity index (χ1v) is 10.7. The molecule has 6 nitrogen and oxygen atoms in total. The molecule has 1 fully saturated rings. The average Bonchev–Trinajstić information content (AvgIpc) is 3.49. The maximum atomic E-state index is 12.1. The summed E-state index contributed by atoms with van der Waals surface area (Å²) in [5.74, 6) is 0.546. The molecule has 0 saturated heterocycles. The minimum Gasteiger partial charge on any atom is -0.494 e. The molecule has 1 amide bonds. The van der Waals surface area contributed by atoms with Crippen LogP contribution in [0.1, 0.15) is 30.9 Å². The summed E-state index contributed by atoms with van der Waals surface area (Å²) in [5, 5.41) is 2.82. The van der Waals surface area contributed by atoms with E-state index < -0.39 is 10.0 Å². The SMILES string of the molecule is CCOc1cccc(CNC(=O)/C=C/c2ccc(S(=O)(=O)NC3CC3)cc2)c1. The van der Waals surface area contributed by atoms with Gasteiger partial charge < -0.3 is 10.1 Å². The lowest BCUT2D eigenvalue weighted by Gasteiger charge is -2.07. The van der Waals surface area contributed by atoms with Crippen LogP contribution < -0.4 is 14.8 Å². The third-order valence-corrected chi connectivity index (χ3v) is 5.73. The predicted octanol–water partition coefficient (Wildman–Crippen LogP) is 2.86. The molecule has 0 aliphatic heterocycles. The van der Waals surface area contributed by atoms with Crippen LogP contribution >= 0.6 is 0 Å². The normalized spacial score (nSPS) is 14.2. The molecule has 0 unspecified atom stereocenters. The molecule has 2 aromatic rings. The van der Waals surface area contributed by atoms with Crippen molar-refractivity contribution < 1.29 is 17.9 Å². The van der Waals surface area contributed by atoms with Gasteiger partial charge in [-0.3, -0.25) is 4.79 Å². The fourth-order valence-corrected chi connectivity index (χ4v) is 3.88. The Morgan fingerprint density at radius 3 is 2.61 bits per heavy atom. The van der Waals surface area contributed by atoms with Gasteiger partial charge in [0.25, 0.3) is 0 Å². The van der Waals surface area contributed by atoms with E-state index in [2.05, 4.69) is 10.0 Å². The molecule has 1 aliphatic carbocycles. The van der Waals surface area contributed by atoms with E-state index in [9.17, 15) is 13.2 Å². The van der Waals surface area contributed by atoms with Gasteiger partial charge in [-0.2, -0.15) is 0 Å². The van der Waals surface area contributed by atoms with Crippen molar-refractivity contribution in [3.05, 3.63) is 65.7 Å². The zero-order chi connectivity index (χ0) is 20.0. The molecule has 148 valence electrons. The largest absolute Gasteiger partial charge is 0.494 e. The Bertz CT molecular complexity index is 949. The Balaban J connectivity index is 1.53. The highest BCUT2D eigenvalue weighted by Gasteiger charge is 2.27. The summed E-state index contributed by atoms with van der Waals surface area (Å²) >= 11 is 0. The summed E-state index contributed by atoms with van der Waals surface area (Å²) in [6.07, 6.45) is 4.87. The van der Waals surface area contributed by atoms with E-state index >= 15 is 0 Å². The van der Waals surface area contributed by atoms with Gasteiger partial charge >= 0.3 is 0 Å². The molecule has 2 aromatic carbocycles. The lowest BCUT2D eigenvalue weighted by Crippen LogP contribution is -2.25. The fourth-order valence-electron chi connectivity index (χ4n) is 2.58. The number of benzene rings is 2. The Hall–Kier alpha value is -2.64. The van der Waals surface area contributed by atoms with Gasteiger partial charge in [-0.1, -0.05) is 24.3 Å². The summed E-state index contributed by atoms with van der Waals surface area (Å²) in [6, 6.07) is 14.1. The van der Waals surface area contributed by atoms with E-state index in [4.69, 9.17) is 4.74 Å². The monoisotopic (exact) mass is 400 g/mol. The number of sulfonamides is 1. The van der Waals surface area contributed by atoms with E-state index in [1.54, 1.807) is 30.3 Å². The van der Waals surface area contributed by atoms with Gasteiger partial charge in [0.1, 0.15) is 5.75 Å². The summed E-state index contributed by atoms with van der Waals surface area (Å²) < 4.78 is 32.4. The Labute approximate surface area is 165 Å². The van der Waals surface area contributed by atoms with Crippen molar-refractivity contribution in [3.8, 4) is 5.75 Å². The standard InChI is InChI=1S/C21H24N2O4S/c1-2-27-19-5-3-4-17(14-19)15-22-21(24)13-8-16-6-11-20(12-7-16)28(25,26)23-18-9-10-18/h3-8,11-14,18,23H,2,9-10,15H2,1H3,(H,22,24)/b13-8+. The quantitative estimate of drug-likeness (QED) is 0.634. The zero-order valence-electron chi connectivity index (χ0n) is 15.7. The van der Waals surface area contributed by atoms with Gasteiger partial charge in [0.2, 0.25) is 15.9 Å². The summed E-state index contributed by atoms with van der Waals surface area (Å²) in [5.41, 5.74) is 1.70. The molecule has 28 heavy (non-hydrogen) atoms. The lowest BCUT2D eigenvalue weighted by molar-refractivity contribution is -0.116. The number of carbonyl (C=O) groups is 1. The second-order valence-electron chi connectivity index (χ2n) is 6.60. The van der Waals surface area contributed by atoms with Gasteiger partial charge in [0.15, 0.2) is 0 Å². The van der Waals surface area contributed by atoms with Crippen LogP contribution in [0, 0.1) is 0 Å². The van der Waals surface area contributed by atoms with Gasteiger partial charge in [-0.25, -0.2) is 13.1 Å². The van der Waals surface area contributed by atoms with Crippen LogP contribution in [0.5, 0.6) is 5.75 Å². The number of ether oxygens (including phenoxy) is 1. The molecule has 3 rings (SSSR count). The number of amides is 1. The average molecular weight is 401 g/mol. The Kier molecular flexibility index (Phi) is 6.49. The molecular weight excluding hydrogens is 376 g/mol. The molecular formula is C21H24N2O4S. The van der Waals surface area contributed by atoms with Crippen molar-refractivity contribution in [2.45, 2.75) is 37.2 Å². The van der Waals surface area contributed by atoms with Crippen LogP contribution in [-0.4, -0.2) is 27.0 Å². The second-order valence-corrected chi connectivity index (χ2v) is 8.31. The molecule has 0 bridgehead atoms. The molecule has 0 aromatic heterocycles. The predicted molar refractivity (Wildman–Crippen MR) is 108 cm³/mol. The lowest BCUT2D eigenvalue weighted by atomic mass is 10.2. The van der Waals surface area contributed by atoms with Crippen molar-refractivity contribution in [1.29, 1.82) is 0 Å². The molecule has 2 N–H and O–H groups in total. The van der Waals surface area contributed by atoms with E-state index in [0.717, 1.165) is 29.7 Å². The molecule has 1 saturated carbocycles. The van der Waals surface area contributed by atoms with Gasteiger partial charge in [0, 0.05) is 18.7 Å². The zero-order valence-corrected chi connectivity index (χ0v) is 16.5. The number of hydrogen-bond donors (Lipinski definition) is 2. The van der Waals surface area contributed by atoms with Gasteiger partial charge in [-0.15, -0.1) is 0 Å². The fraction of sp³-hybridized carbons (Fsp3) is 0.286. The van der Waals surface area contributed by atoms with Crippen LogP contribution in [0.15, 0.2) is 59.5 Å². The van der Waals surface area contributed by atoms with E-state index in [0.29, 0.717) is 13.2 Å². The third kappa shape index (κ3) is 5.94. The number of carbonyl (C=O) groups excluding carboxylic acids is 1. The number of rotatable bonds is 9. The van der Waals surface area contributed by atoms with E-state index in [-0.39, 0.29) is 16.8 Å². The van der Waals surface area contributed by atoms with Crippen molar-refractivity contribution in [3.63, 3.8) is 0 Å². The highest BCUT2D eigenvalue weighted by atomic mass is 32.2. The van der Waals surface area contributed by atoms with Crippen molar-refractivity contribution in [1.82, 2.24) is 10.0 Å². The van der Waals surface area contributed by atoms with Gasteiger partial charge in [0.05, 0.1) is 11.5 Å². The summed E-state index contributed by atoms with van der Waals surface area (Å²) in [4.78, 5) is 12.3. The highest BCUT2D eigenvalue weighted by molar-refractivity contribution is 7.89. The van der Waals surface area contributed by atoms with Crippen LogP contribution in [0.3, 0.4) is 0 Å². The number of nitrogens with one attached hydrogen (secondary N) is 2. The molecule has 0 radical (unpaired) electrons. The van der Waals surface area contributed by atoms with Crippen molar-refractivity contribution in [2.75, 3.05) is 6.61 Å². The van der Waals surface area contributed by atoms with Crippen molar-refractivity contribution in [2.24, 2.45) is 0 Å². The van der Waals surface area contributed by atoms with Crippen LogP contribution in [-0.2, 0) is 21.4 Å². The topological polar surface area (TPSA) is 84.5 Å². The molecule has 0 atom stereocenters. The minimum atomic E-state index is -3.46. The highest BCUT2D eigenvalue weighted by Crippen LogP contribution is 2.22. The summed E-state index contributed by atoms with van der Waals surface area (Å²) in [6.45, 7) is 2.91. The Morgan fingerprint density at radius 1 is 1.18 bits per heavy atom. The van der Waals surface area contributed by atoms with Crippen LogP contribution in [0.2, 0.25) is 0 Å². The van der Waals surface area contributed by atoms with Gasteiger partial charge in [-0.05, 0) is 61.2 Å². The molecule has 7 heteroatoms.